The third kappa shape index (κ3) is 2.85. The van der Waals surface area contributed by atoms with E-state index in [0.29, 0.717) is 5.56 Å². The molecule has 0 aliphatic heterocycles. The third-order valence-corrected chi connectivity index (χ3v) is 2.51. The summed E-state index contributed by atoms with van der Waals surface area (Å²) in [6, 6.07) is 11.2. The molecule has 1 heterocycles. The maximum atomic E-state index is 11.7. The van der Waals surface area contributed by atoms with E-state index in [-0.39, 0.29) is 5.91 Å². The number of amides is 1. The Morgan fingerprint density at radius 3 is 2.11 bits per heavy atom. The second kappa shape index (κ2) is 5.31. The molecule has 0 saturated carbocycles. The highest BCUT2D eigenvalue weighted by atomic mass is 16.2. The number of nitrogens with zero attached hydrogens (tertiary/aromatic N) is 2. The van der Waals surface area contributed by atoms with E-state index in [4.69, 9.17) is 0 Å². The van der Waals surface area contributed by atoms with Gasteiger partial charge < -0.3 is 10.2 Å². The lowest BCUT2D eigenvalue weighted by molar-refractivity contribution is 0.0827. The normalized spacial score (nSPS) is 9.89. The summed E-state index contributed by atoms with van der Waals surface area (Å²) in [6.45, 7) is 0. The molecule has 1 aromatic heterocycles. The molecule has 1 amide bonds. The van der Waals surface area contributed by atoms with Crippen molar-refractivity contribution < 1.29 is 4.79 Å². The average molecular weight is 241 g/mol. The van der Waals surface area contributed by atoms with Crippen molar-refractivity contribution in [3.63, 3.8) is 0 Å². The predicted octanol–water partition coefficient (Wildman–Crippen LogP) is 2.53. The minimum absolute atomic E-state index is 0.00506. The van der Waals surface area contributed by atoms with Gasteiger partial charge in [0, 0.05) is 43.4 Å². The first-order chi connectivity index (χ1) is 8.66. The molecule has 0 spiro atoms. The number of pyridine rings is 1. The summed E-state index contributed by atoms with van der Waals surface area (Å²) in [4.78, 5) is 17.2. The van der Waals surface area contributed by atoms with Crippen LogP contribution in [0, 0.1) is 0 Å². The van der Waals surface area contributed by atoms with Crippen LogP contribution in [0.5, 0.6) is 0 Å². The molecule has 92 valence electrons. The van der Waals surface area contributed by atoms with Gasteiger partial charge in [-0.15, -0.1) is 0 Å². The molecule has 0 aliphatic carbocycles. The number of benzene rings is 1. The van der Waals surface area contributed by atoms with Crippen LogP contribution in [0.15, 0.2) is 48.8 Å². The van der Waals surface area contributed by atoms with Crippen LogP contribution in [-0.4, -0.2) is 29.9 Å². The van der Waals surface area contributed by atoms with E-state index >= 15 is 0 Å². The molecule has 0 bridgehead atoms. The second-order valence-electron chi connectivity index (χ2n) is 4.14. The summed E-state index contributed by atoms with van der Waals surface area (Å²) in [5.41, 5.74) is 2.59. The van der Waals surface area contributed by atoms with E-state index in [0.717, 1.165) is 11.4 Å². The molecule has 2 rings (SSSR count). The lowest BCUT2D eigenvalue weighted by Crippen LogP contribution is -2.21. The van der Waals surface area contributed by atoms with Gasteiger partial charge in [0.05, 0.1) is 0 Å². The Balaban J connectivity index is 2.11. The molecule has 0 atom stereocenters. The topological polar surface area (TPSA) is 45.2 Å². The molecule has 0 fully saturated rings. The fourth-order valence-electron chi connectivity index (χ4n) is 1.56. The number of anilines is 2. The highest BCUT2D eigenvalue weighted by Gasteiger charge is 2.06. The zero-order valence-electron chi connectivity index (χ0n) is 10.4. The second-order valence-corrected chi connectivity index (χ2v) is 4.14. The van der Waals surface area contributed by atoms with Crippen molar-refractivity contribution in [1.29, 1.82) is 0 Å². The number of hydrogen-bond acceptors (Lipinski definition) is 3. The fraction of sp³-hybridized carbons (Fsp3) is 0.143. The van der Waals surface area contributed by atoms with E-state index in [2.05, 4.69) is 10.3 Å². The zero-order chi connectivity index (χ0) is 13.0. The van der Waals surface area contributed by atoms with E-state index in [9.17, 15) is 4.79 Å². The van der Waals surface area contributed by atoms with Gasteiger partial charge in [0.15, 0.2) is 0 Å². The van der Waals surface area contributed by atoms with Gasteiger partial charge in [-0.1, -0.05) is 0 Å². The number of carbonyl (C=O) groups is 1. The Bertz CT molecular complexity index is 520. The van der Waals surface area contributed by atoms with Gasteiger partial charge in [0.2, 0.25) is 0 Å². The summed E-state index contributed by atoms with van der Waals surface area (Å²) in [7, 11) is 3.48. The highest BCUT2D eigenvalue weighted by Crippen LogP contribution is 2.16. The van der Waals surface area contributed by atoms with Crippen LogP contribution in [0.4, 0.5) is 11.4 Å². The van der Waals surface area contributed by atoms with Gasteiger partial charge in [-0.05, 0) is 36.4 Å². The van der Waals surface area contributed by atoms with Crippen LogP contribution >= 0.6 is 0 Å². The Morgan fingerprint density at radius 1 is 1.00 bits per heavy atom. The molecule has 0 aliphatic rings. The van der Waals surface area contributed by atoms with Crippen molar-refractivity contribution in [3.8, 4) is 0 Å². The fourth-order valence-corrected chi connectivity index (χ4v) is 1.56. The van der Waals surface area contributed by atoms with Crippen LogP contribution in [0.3, 0.4) is 0 Å². The van der Waals surface area contributed by atoms with Crippen LogP contribution in [0.1, 0.15) is 10.4 Å². The zero-order valence-corrected chi connectivity index (χ0v) is 10.4. The first-order valence-electron chi connectivity index (χ1n) is 5.65. The minimum atomic E-state index is 0.00506. The average Bonchev–Trinajstić information content (AvgIpc) is 2.40. The van der Waals surface area contributed by atoms with Crippen molar-refractivity contribution in [2.24, 2.45) is 0 Å². The van der Waals surface area contributed by atoms with Gasteiger partial charge in [0.1, 0.15) is 0 Å². The van der Waals surface area contributed by atoms with Crippen molar-refractivity contribution in [1.82, 2.24) is 9.88 Å². The largest absolute Gasteiger partial charge is 0.355 e. The molecule has 4 heteroatoms. The van der Waals surface area contributed by atoms with Crippen molar-refractivity contribution in [3.05, 3.63) is 54.4 Å². The molecule has 0 unspecified atom stereocenters. The standard InChI is InChI=1S/C14H15N3O/c1-17(2)14(18)11-3-5-12(6-4-11)16-13-7-9-15-10-8-13/h3-10H,1-2H3,(H,15,16). The Morgan fingerprint density at radius 2 is 1.56 bits per heavy atom. The van der Waals surface area contributed by atoms with Crippen LogP contribution in [-0.2, 0) is 0 Å². The summed E-state index contributed by atoms with van der Waals surface area (Å²) >= 11 is 0. The molecule has 4 nitrogen and oxygen atoms in total. The van der Waals surface area contributed by atoms with E-state index < -0.39 is 0 Å². The quantitative estimate of drug-likeness (QED) is 0.898. The van der Waals surface area contributed by atoms with E-state index in [1.165, 1.54) is 0 Å². The van der Waals surface area contributed by atoms with Gasteiger partial charge in [-0.2, -0.15) is 0 Å². The maximum absolute atomic E-state index is 11.7. The molecule has 2 aromatic rings. The minimum Gasteiger partial charge on any atom is -0.355 e. The summed E-state index contributed by atoms with van der Waals surface area (Å²) in [5, 5.41) is 3.23. The van der Waals surface area contributed by atoms with E-state index in [1.807, 2.05) is 36.4 Å². The van der Waals surface area contributed by atoms with Gasteiger partial charge in [-0.3, -0.25) is 9.78 Å². The first-order valence-corrected chi connectivity index (χ1v) is 5.65. The lowest BCUT2D eigenvalue weighted by atomic mass is 10.2. The molecule has 1 N–H and O–H groups in total. The lowest BCUT2D eigenvalue weighted by Gasteiger charge is -2.11. The summed E-state index contributed by atoms with van der Waals surface area (Å²) in [5.74, 6) is 0.00506. The number of hydrogen-bond donors (Lipinski definition) is 1. The third-order valence-electron chi connectivity index (χ3n) is 2.51. The van der Waals surface area contributed by atoms with E-state index in [1.54, 1.807) is 31.4 Å². The van der Waals surface area contributed by atoms with Crippen LogP contribution in [0.2, 0.25) is 0 Å². The smallest absolute Gasteiger partial charge is 0.253 e. The monoisotopic (exact) mass is 241 g/mol. The van der Waals surface area contributed by atoms with Gasteiger partial charge in [0.25, 0.3) is 5.91 Å². The predicted molar refractivity (Wildman–Crippen MR) is 72.0 cm³/mol. The van der Waals surface area contributed by atoms with Crippen LogP contribution in [0.25, 0.3) is 0 Å². The number of aromatic nitrogens is 1. The number of nitrogens with one attached hydrogen (secondary N) is 1. The van der Waals surface area contributed by atoms with Crippen molar-refractivity contribution in [2.45, 2.75) is 0 Å². The van der Waals surface area contributed by atoms with Crippen LogP contribution < -0.4 is 5.32 Å². The van der Waals surface area contributed by atoms with Crippen molar-refractivity contribution >= 4 is 17.3 Å². The summed E-state index contributed by atoms with van der Waals surface area (Å²) < 4.78 is 0. The van der Waals surface area contributed by atoms with Crippen molar-refractivity contribution in [2.75, 3.05) is 19.4 Å². The van der Waals surface area contributed by atoms with Gasteiger partial charge in [-0.25, -0.2) is 0 Å². The Labute approximate surface area is 106 Å². The SMILES string of the molecule is CN(C)C(=O)c1ccc(Nc2ccncc2)cc1. The molecule has 0 radical (unpaired) electrons. The molecule has 0 saturated heterocycles. The molecular weight excluding hydrogens is 226 g/mol. The number of rotatable bonds is 3. The summed E-state index contributed by atoms with van der Waals surface area (Å²) in [6.07, 6.45) is 3.46. The maximum Gasteiger partial charge on any atom is 0.253 e. The van der Waals surface area contributed by atoms with Gasteiger partial charge >= 0.3 is 0 Å². The Kier molecular flexibility index (Phi) is 3.57. The molecule has 1 aromatic carbocycles. The highest BCUT2D eigenvalue weighted by molar-refractivity contribution is 5.94. The molecule has 18 heavy (non-hydrogen) atoms. The number of carbonyl (C=O) groups excluding carboxylic acids is 1. The Hall–Kier alpha value is -2.36. The first kappa shape index (κ1) is 12.1. The molecular formula is C14H15N3O.